The van der Waals surface area contributed by atoms with Gasteiger partial charge in [-0.05, 0) is 11.6 Å². The lowest BCUT2D eigenvalue weighted by Gasteiger charge is -2.03. The predicted octanol–water partition coefficient (Wildman–Crippen LogP) is 2.77. The maximum absolute atomic E-state index is 10.8. The van der Waals surface area contributed by atoms with E-state index in [9.17, 15) is 18.0 Å². The average Bonchev–Trinajstić information content (AvgIpc) is 2.58. The lowest BCUT2D eigenvalue weighted by molar-refractivity contribution is -0.151. The second kappa shape index (κ2) is 13.6. The Balaban J connectivity index is 0.000000485. The molecule has 0 bridgehead atoms. The first kappa shape index (κ1) is 23.3. The number of rotatable bonds is 9. The average molecular weight is 382 g/mol. The number of hydrogen-bond acceptors (Lipinski definition) is 6. The molecule has 0 radical (unpaired) electrons. The Bertz CT molecular complexity index is 682. The van der Waals surface area contributed by atoms with Crippen molar-refractivity contribution in [3.63, 3.8) is 0 Å². The molecule has 8 heteroatoms. The van der Waals surface area contributed by atoms with Crippen LogP contribution >= 0.6 is 0 Å². The number of hydrogen-bond donors (Lipinski definition) is 1. The topological polar surface area (TPSA) is 107 Å². The summed E-state index contributed by atoms with van der Waals surface area (Å²) in [6, 6.07) is 8.86. The van der Waals surface area contributed by atoms with Gasteiger partial charge in [0.15, 0.2) is 0 Å². The van der Waals surface area contributed by atoms with E-state index in [0.29, 0.717) is 0 Å². The summed E-state index contributed by atoms with van der Waals surface area (Å²) >= 11 is 0. The van der Waals surface area contributed by atoms with Crippen LogP contribution in [0.25, 0.3) is 6.08 Å². The van der Waals surface area contributed by atoms with Crippen LogP contribution in [0, 0.1) is 0 Å². The normalized spacial score (nSPS) is 10.3. The zero-order valence-corrected chi connectivity index (χ0v) is 15.1. The van der Waals surface area contributed by atoms with E-state index in [1.54, 1.807) is 24.3 Å². The number of ether oxygens (including phenoxy) is 2. The molecule has 0 aromatic heterocycles. The van der Waals surface area contributed by atoms with Crippen molar-refractivity contribution in [1.82, 2.24) is 0 Å². The van der Waals surface area contributed by atoms with E-state index in [1.165, 1.54) is 18.2 Å². The zero-order valence-electron chi connectivity index (χ0n) is 14.2. The van der Waals surface area contributed by atoms with Crippen LogP contribution in [0.3, 0.4) is 0 Å². The first-order chi connectivity index (χ1) is 12.3. The van der Waals surface area contributed by atoms with E-state index in [1.807, 2.05) is 6.07 Å². The van der Waals surface area contributed by atoms with Crippen molar-refractivity contribution in [2.45, 2.75) is 12.8 Å². The van der Waals surface area contributed by atoms with Crippen molar-refractivity contribution in [3.8, 4) is 0 Å². The summed E-state index contributed by atoms with van der Waals surface area (Å²) in [5.74, 6) is -0.750. The fourth-order valence-corrected chi connectivity index (χ4v) is 1.72. The molecule has 0 aliphatic carbocycles. The van der Waals surface area contributed by atoms with Crippen molar-refractivity contribution in [1.29, 1.82) is 0 Å². The van der Waals surface area contributed by atoms with Crippen LogP contribution in [-0.4, -0.2) is 38.1 Å². The fraction of sp³-hybridized carbons (Fsp3) is 0.222. The van der Waals surface area contributed by atoms with E-state index in [-0.39, 0.29) is 38.0 Å². The van der Waals surface area contributed by atoms with Crippen molar-refractivity contribution in [3.05, 3.63) is 66.6 Å². The van der Waals surface area contributed by atoms with Crippen LogP contribution in [0.4, 0.5) is 0 Å². The van der Waals surface area contributed by atoms with Crippen molar-refractivity contribution >= 4 is 28.1 Å². The van der Waals surface area contributed by atoms with Crippen LogP contribution < -0.4 is 0 Å². The summed E-state index contributed by atoms with van der Waals surface area (Å²) < 4.78 is 38.3. The maximum Gasteiger partial charge on any atom is 0.309 e. The Hall–Kier alpha value is -2.71. The molecule has 1 N–H and O–H groups in total. The van der Waals surface area contributed by atoms with Crippen molar-refractivity contribution in [2.75, 3.05) is 13.2 Å². The summed E-state index contributed by atoms with van der Waals surface area (Å²) in [4.78, 5) is 21.5. The van der Waals surface area contributed by atoms with Crippen molar-refractivity contribution < 1.29 is 32.0 Å². The third kappa shape index (κ3) is 14.9. The van der Waals surface area contributed by atoms with E-state index in [4.69, 9.17) is 14.0 Å². The first-order valence-electron chi connectivity index (χ1n) is 7.52. The van der Waals surface area contributed by atoms with Gasteiger partial charge in [-0.25, -0.2) is 0 Å². The summed E-state index contributed by atoms with van der Waals surface area (Å²) in [5.41, 5.74) is 0.732. The summed E-state index contributed by atoms with van der Waals surface area (Å²) in [6.07, 6.45) is 4.56. The molecule has 1 aromatic carbocycles. The lowest BCUT2D eigenvalue weighted by atomic mass is 10.2. The Morgan fingerprint density at radius 3 is 1.81 bits per heavy atom. The van der Waals surface area contributed by atoms with Gasteiger partial charge in [-0.2, -0.15) is 8.42 Å². The third-order valence-electron chi connectivity index (χ3n) is 2.46. The number of carbonyl (C=O) groups excluding carboxylic acids is 2. The minimum atomic E-state index is -4.00. The Morgan fingerprint density at radius 2 is 1.42 bits per heavy atom. The monoisotopic (exact) mass is 382 g/mol. The van der Waals surface area contributed by atoms with Crippen molar-refractivity contribution in [2.24, 2.45) is 0 Å². The van der Waals surface area contributed by atoms with E-state index in [0.717, 1.165) is 11.0 Å². The lowest BCUT2D eigenvalue weighted by Crippen LogP contribution is -2.12. The second-order valence-corrected chi connectivity index (χ2v) is 5.96. The van der Waals surface area contributed by atoms with Crippen LogP contribution in [0.2, 0.25) is 0 Å². The van der Waals surface area contributed by atoms with Crippen LogP contribution in [0.5, 0.6) is 0 Å². The van der Waals surface area contributed by atoms with Gasteiger partial charge in [0.05, 0.1) is 18.2 Å². The summed E-state index contributed by atoms with van der Waals surface area (Å²) in [7, 11) is -4.00. The molecule has 1 rings (SSSR count). The number of benzene rings is 1. The van der Waals surface area contributed by atoms with Gasteiger partial charge < -0.3 is 9.47 Å². The maximum atomic E-state index is 10.8. The van der Waals surface area contributed by atoms with Crippen LogP contribution in [-0.2, 0) is 29.2 Å². The molecule has 0 fully saturated rings. The van der Waals surface area contributed by atoms with E-state index in [2.05, 4.69) is 13.2 Å². The van der Waals surface area contributed by atoms with Gasteiger partial charge in [-0.15, -0.1) is 13.2 Å². The van der Waals surface area contributed by atoms with Gasteiger partial charge in [-0.1, -0.05) is 42.5 Å². The van der Waals surface area contributed by atoms with Crippen LogP contribution in [0.15, 0.2) is 61.0 Å². The summed E-state index contributed by atoms with van der Waals surface area (Å²) in [5, 5.41) is 0.752. The quantitative estimate of drug-likeness (QED) is 0.303. The number of carbonyl (C=O) groups is 2. The second-order valence-electron chi connectivity index (χ2n) is 4.65. The predicted molar refractivity (Wildman–Crippen MR) is 98.6 cm³/mol. The van der Waals surface area contributed by atoms with Gasteiger partial charge in [0.2, 0.25) is 0 Å². The molecule has 0 amide bonds. The Labute approximate surface area is 153 Å². The minimum Gasteiger partial charge on any atom is -0.462 e. The molecule has 0 unspecified atom stereocenters. The Morgan fingerprint density at radius 1 is 0.962 bits per heavy atom. The smallest absolute Gasteiger partial charge is 0.309 e. The van der Waals surface area contributed by atoms with Gasteiger partial charge in [0.25, 0.3) is 10.1 Å². The van der Waals surface area contributed by atoms with Gasteiger partial charge in [0, 0.05) is 0 Å². The first-order valence-corrected chi connectivity index (χ1v) is 9.02. The van der Waals surface area contributed by atoms with Gasteiger partial charge >= 0.3 is 11.9 Å². The van der Waals surface area contributed by atoms with E-state index >= 15 is 0 Å². The van der Waals surface area contributed by atoms with Gasteiger partial charge in [-0.3, -0.25) is 14.1 Å². The third-order valence-corrected chi connectivity index (χ3v) is 2.94. The highest BCUT2D eigenvalue weighted by molar-refractivity contribution is 7.88. The molecule has 0 aliphatic heterocycles. The molecule has 7 nitrogen and oxygen atoms in total. The number of esters is 2. The van der Waals surface area contributed by atoms with E-state index < -0.39 is 10.1 Å². The molecule has 0 saturated heterocycles. The molecular weight excluding hydrogens is 360 g/mol. The zero-order chi connectivity index (χ0) is 19.8. The molecule has 0 aliphatic rings. The highest BCUT2D eigenvalue weighted by Crippen LogP contribution is 2.01. The molecule has 0 saturated carbocycles. The highest BCUT2D eigenvalue weighted by atomic mass is 32.2. The molecule has 142 valence electrons. The molecule has 0 spiro atoms. The Kier molecular flexibility index (Phi) is 12.2. The highest BCUT2D eigenvalue weighted by Gasteiger charge is 2.01. The molecule has 26 heavy (non-hydrogen) atoms. The molecule has 0 heterocycles. The van der Waals surface area contributed by atoms with Gasteiger partial charge in [0.1, 0.15) is 13.2 Å². The summed E-state index contributed by atoms with van der Waals surface area (Å²) in [6.45, 7) is 6.93. The van der Waals surface area contributed by atoms with Crippen LogP contribution in [0.1, 0.15) is 18.4 Å². The molecule has 0 atom stereocenters. The fourth-order valence-electron chi connectivity index (χ4n) is 1.39. The molecule has 1 aromatic rings. The largest absolute Gasteiger partial charge is 0.462 e. The minimum absolute atomic E-state index is 0.0789. The SMILES string of the molecule is C=CCC(=O)OCCOC(=O)CC=C.O=S(=O)(O)C=Cc1ccccc1. The standard InChI is InChI=1S/C10H14O4.C8H8O3S/c1-3-5-9(11)13-7-8-14-10(12)6-4-2;9-12(10,11)7-6-8-4-2-1-3-5-8/h3-4H,1-2,5-8H2;1-7H,(H,9,10,11). The molecular formula is C18H22O7S.